The molecular weight excluding hydrogens is 718 g/mol. The number of nitrogens with zero attached hydrogens (tertiary/aromatic N) is 1. The summed E-state index contributed by atoms with van der Waals surface area (Å²) in [4.78, 5) is 22.3. The number of anilines is 1. The van der Waals surface area contributed by atoms with Crippen molar-refractivity contribution < 1.29 is 72.8 Å². The maximum atomic E-state index is 13.6. The Kier molecular flexibility index (Phi) is 17.0. The Morgan fingerprint density at radius 2 is 1.37 bits per heavy atom. The number of carboxylic acid groups (broad SMARTS) is 1. The molecule has 2 aliphatic heterocycles. The third-order valence-corrected chi connectivity index (χ3v) is 6.25. The van der Waals surface area contributed by atoms with E-state index < -0.39 is 77.4 Å². The zero-order valence-electron chi connectivity index (χ0n) is 22.3. The number of halogens is 11. The van der Waals surface area contributed by atoms with Crippen molar-refractivity contribution in [3.05, 3.63) is 63.1 Å². The fourth-order valence-electron chi connectivity index (χ4n) is 3.73. The number of rotatable bonds is 3. The summed E-state index contributed by atoms with van der Waals surface area (Å²) in [6.07, 6.45) is -8.81. The lowest BCUT2D eigenvalue weighted by molar-refractivity contribution is -0.176. The first-order valence-corrected chi connectivity index (χ1v) is 12.9. The van der Waals surface area contributed by atoms with Crippen LogP contribution in [-0.4, -0.2) is 88.1 Å². The second-order valence-corrected chi connectivity index (χ2v) is 9.69. The fraction of sp³-hybridized carbons (Fsp3) is 0.481. The van der Waals surface area contributed by atoms with Gasteiger partial charge in [0.05, 0.1) is 33.5 Å². The van der Waals surface area contributed by atoms with Crippen molar-refractivity contribution in [1.29, 1.82) is 0 Å². The lowest BCUT2D eigenvalue weighted by Gasteiger charge is -2.38. The molecule has 2 saturated heterocycles. The number of carbonyl (C=O) groups excluding carboxylic acids is 1. The van der Waals surface area contributed by atoms with Crippen molar-refractivity contribution in [2.75, 3.05) is 51.5 Å². The van der Waals surface area contributed by atoms with E-state index >= 15 is 0 Å². The van der Waals surface area contributed by atoms with Gasteiger partial charge in [-0.25, -0.2) is 27.2 Å². The van der Waals surface area contributed by atoms with Gasteiger partial charge in [0, 0.05) is 23.2 Å². The van der Waals surface area contributed by atoms with Crippen LogP contribution in [0.4, 0.5) is 49.6 Å². The lowest BCUT2D eigenvalue weighted by Crippen LogP contribution is -2.53. The third kappa shape index (κ3) is 11.9. The molecule has 0 saturated carbocycles. The van der Waals surface area contributed by atoms with E-state index in [2.05, 4.69) is 30.7 Å². The first-order valence-electron chi connectivity index (χ1n) is 12.1. The van der Waals surface area contributed by atoms with Crippen molar-refractivity contribution in [3.8, 4) is 0 Å². The summed E-state index contributed by atoms with van der Waals surface area (Å²) in [5.74, 6) is -7.60. The molecule has 2 heterocycles. The molecule has 2 fully saturated rings. The fourth-order valence-corrected chi connectivity index (χ4v) is 4.13. The molecule has 19 heteroatoms. The van der Waals surface area contributed by atoms with Gasteiger partial charge in [-0.1, -0.05) is 30.8 Å². The molecule has 0 bridgehead atoms. The largest absolute Gasteiger partial charge is 0.477 e. The Labute approximate surface area is 265 Å². The van der Waals surface area contributed by atoms with Crippen molar-refractivity contribution in [3.63, 3.8) is 0 Å². The molecule has 2 atom stereocenters. The Hall–Kier alpha value is -3.16. The standard InChI is InChI=1S/C12H10F5NO3.C8H5BrF2O2.C5H8F3NO.2CH4/c13-7-3-6(4-8(14)10(7)11(19)20)18-1-2-21-5-9(18)12(15,16)17;1-13-8(12)7-5(10)2-4(9)3-6(7)11;6-5(7,8)4-3-10-2-1-9-4;;/h3-4,9H,1-2,5H2,(H,19,20);2-3H,1H3;4,9H,1-3H2;2*1H4/t9-;;4-;;/m1.1../s1. The number of ether oxygens (including phenoxy) is 3. The maximum Gasteiger partial charge on any atom is 0.411 e. The number of carboxylic acids is 1. The molecule has 8 nitrogen and oxygen atoms in total. The topological polar surface area (TPSA) is 97.3 Å². The van der Waals surface area contributed by atoms with E-state index in [-0.39, 0.29) is 51.3 Å². The van der Waals surface area contributed by atoms with Crippen molar-refractivity contribution in [2.24, 2.45) is 0 Å². The highest BCUT2D eigenvalue weighted by Gasteiger charge is 2.46. The number of esters is 1. The van der Waals surface area contributed by atoms with Crippen molar-refractivity contribution in [1.82, 2.24) is 5.32 Å². The average Bonchev–Trinajstić information content (AvgIpc) is 2.92. The molecule has 0 radical (unpaired) electrons. The van der Waals surface area contributed by atoms with Crippen molar-refractivity contribution in [2.45, 2.75) is 39.3 Å². The molecule has 0 unspecified atom stereocenters. The smallest absolute Gasteiger partial charge is 0.411 e. The first-order chi connectivity index (χ1) is 20.4. The number of alkyl halides is 6. The van der Waals surface area contributed by atoms with E-state index in [1.165, 1.54) is 0 Å². The predicted molar refractivity (Wildman–Crippen MR) is 149 cm³/mol. The van der Waals surface area contributed by atoms with Gasteiger partial charge >= 0.3 is 24.3 Å². The van der Waals surface area contributed by atoms with Crippen LogP contribution in [0.2, 0.25) is 0 Å². The minimum absolute atomic E-state index is 0. The van der Waals surface area contributed by atoms with Crippen LogP contribution >= 0.6 is 15.9 Å². The van der Waals surface area contributed by atoms with Gasteiger partial charge in [-0.15, -0.1) is 0 Å². The van der Waals surface area contributed by atoms with Gasteiger partial charge in [-0.3, -0.25) is 0 Å². The minimum atomic E-state index is -4.64. The van der Waals surface area contributed by atoms with Gasteiger partial charge in [0.2, 0.25) is 0 Å². The first kappa shape index (κ1) is 42.8. The monoisotopic (exact) mass is 748 g/mol. The molecule has 0 amide bonds. The van der Waals surface area contributed by atoms with Crippen molar-refractivity contribution >= 4 is 33.6 Å². The zero-order chi connectivity index (χ0) is 33.4. The van der Waals surface area contributed by atoms with Crippen LogP contribution in [-0.2, 0) is 14.2 Å². The zero-order valence-corrected chi connectivity index (χ0v) is 23.9. The van der Waals surface area contributed by atoms with Crippen LogP contribution in [0, 0.1) is 23.3 Å². The number of carbonyl (C=O) groups is 2. The van der Waals surface area contributed by atoms with E-state index in [0.717, 1.165) is 24.1 Å². The number of aromatic carboxylic acids is 1. The molecule has 0 spiro atoms. The SMILES string of the molecule is C.C.COC(=O)c1c(F)cc(Br)cc1F.FC(F)(F)[C@H]1COCCN1.O=C(O)c1c(F)cc(N2CCOC[C@@H]2C(F)(F)F)cc1F. The number of morpholine rings is 2. The van der Waals surface area contributed by atoms with Crippen LogP contribution in [0.15, 0.2) is 28.7 Å². The van der Waals surface area contributed by atoms with Gasteiger partial charge < -0.3 is 29.5 Å². The molecule has 0 aliphatic carbocycles. The second kappa shape index (κ2) is 18.2. The lowest BCUT2D eigenvalue weighted by atomic mass is 10.1. The number of nitrogens with one attached hydrogen (secondary N) is 1. The van der Waals surface area contributed by atoms with E-state index in [9.17, 15) is 53.5 Å². The highest BCUT2D eigenvalue weighted by Crippen LogP contribution is 2.32. The van der Waals surface area contributed by atoms with Gasteiger partial charge in [0.25, 0.3) is 0 Å². The predicted octanol–water partition coefficient (Wildman–Crippen LogP) is 6.75. The van der Waals surface area contributed by atoms with Crippen LogP contribution < -0.4 is 10.2 Å². The average molecular weight is 749 g/mol. The maximum absolute atomic E-state index is 13.6. The highest BCUT2D eigenvalue weighted by molar-refractivity contribution is 9.10. The summed E-state index contributed by atoms with van der Waals surface area (Å²) in [6, 6.07) is -0.361. The molecule has 2 aromatic carbocycles. The van der Waals surface area contributed by atoms with Gasteiger partial charge in [0.1, 0.15) is 46.5 Å². The van der Waals surface area contributed by atoms with Crippen LogP contribution in [0.1, 0.15) is 35.6 Å². The summed E-state index contributed by atoms with van der Waals surface area (Å²) in [7, 11) is 1.06. The number of hydrogen-bond acceptors (Lipinski definition) is 7. The molecule has 46 heavy (non-hydrogen) atoms. The van der Waals surface area contributed by atoms with E-state index in [0.29, 0.717) is 18.7 Å². The normalized spacial score (nSPS) is 18.0. The van der Waals surface area contributed by atoms with Crippen LogP contribution in [0.3, 0.4) is 0 Å². The number of methoxy groups -OCH3 is 1. The molecular formula is C27H31BrF10N2O6. The molecule has 2 aliphatic rings. The number of benzene rings is 2. The van der Waals surface area contributed by atoms with E-state index in [1.807, 2.05) is 0 Å². The summed E-state index contributed by atoms with van der Waals surface area (Å²) in [6.45, 7) is -0.514. The Morgan fingerprint density at radius 1 is 0.870 bits per heavy atom. The van der Waals surface area contributed by atoms with E-state index in [4.69, 9.17) is 9.84 Å². The summed E-state index contributed by atoms with van der Waals surface area (Å²) in [5.41, 5.74) is -2.25. The number of hydrogen-bond donors (Lipinski definition) is 2. The van der Waals surface area contributed by atoms with Crippen LogP contribution in [0.5, 0.6) is 0 Å². The highest BCUT2D eigenvalue weighted by atomic mass is 79.9. The third-order valence-electron chi connectivity index (χ3n) is 5.79. The van der Waals surface area contributed by atoms with E-state index in [1.54, 1.807) is 0 Å². The quantitative estimate of drug-likeness (QED) is 0.263. The van der Waals surface area contributed by atoms with Gasteiger partial charge in [-0.05, 0) is 24.3 Å². The Balaban J connectivity index is 0.000000698. The van der Waals surface area contributed by atoms with Gasteiger partial charge in [0.15, 0.2) is 0 Å². The molecule has 2 aromatic rings. The molecule has 2 N–H and O–H groups in total. The second-order valence-electron chi connectivity index (χ2n) is 8.77. The van der Waals surface area contributed by atoms with Crippen LogP contribution in [0.25, 0.3) is 0 Å². The Bertz CT molecular complexity index is 1260. The molecule has 0 aromatic heterocycles. The Morgan fingerprint density at radius 3 is 1.76 bits per heavy atom. The summed E-state index contributed by atoms with van der Waals surface area (Å²) in [5, 5.41) is 10.9. The summed E-state index contributed by atoms with van der Waals surface area (Å²) >= 11 is 2.89. The molecule has 4 rings (SSSR count). The van der Waals surface area contributed by atoms with Gasteiger partial charge in [-0.2, -0.15) is 26.3 Å². The molecule has 262 valence electrons. The minimum Gasteiger partial charge on any atom is -0.477 e. The summed E-state index contributed by atoms with van der Waals surface area (Å²) < 4.78 is 141.